The molecule has 0 saturated carbocycles. The van der Waals surface area contributed by atoms with E-state index < -0.39 is 6.10 Å². The van der Waals surface area contributed by atoms with Crippen LogP contribution in [0.1, 0.15) is 181 Å². The highest BCUT2D eigenvalue weighted by molar-refractivity contribution is 5.70. The van der Waals surface area contributed by atoms with Gasteiger partial charge in [0.25, 0.3) is 0 Å². The Morgan fingerprint density at radius 1 is 0.479 bits per heavy atom. The van der Waals surface area contributed by atoms with Crippen molar-refractivity contribution in [3.8, 4) is 0 Å². The number of carbonyl (C=O) groups excluding carboxylic acids is 2. The SMILES string of the molecule is CCCCCC=CCC=CCC=CCCCCCCC(=O)OC(CO)COC(=O)CCCCCCCCCC=CCC=CCCCCC. The van der Waals surface area contributed by atoms with Crippen LogP contribution in [0, 0.1) is 0 Å². The summed E-state index contributed by atoms with van der Waals surface area (Å²) in [5, 5.41) is 9.55. The number of allylic oxidation sites excluding steroid dienone is 10. The molecule has 0 aromatic rings. The van der Waals surface area contributed by atoms with Crippen molar-refractivity contribution >= 4 is 11.9 Å². The summed E-state index contributed by atoms with van der Waals surface area (Å²) in [4.78, 5) is 24.3. The standard InChI is InChI=1S/C43H74O5/c1-3-5-7-9-11-13-15-17-19-21-23-25-27-29-31-33-35-37-42(45)47-40-41(39-44)48-43(46)38-36-34-32-30-28-26-24-22-20-18-16-14-12-10-8-6-4-2/h11-14,17-20,24,26,41,44H,3-10,15-16,21-23,25,27-40H2,1-2H3. The molecule has 5 heteroatoms. The van der Waals surface area contributed by atoms with Crippen molar-refractivity contribution in [3.05, 3.63) is 60.8 Å². The van der Waals surface area contributed by atoms with Crippen molar-refractivity contribution < 1.29 is 24.2 Å². The van der Waals surface area contributed by atoms with Crippen molar-refractivity contribution in [1.29, 1.82) is 0 Å². The average Bonchev–Trinajstić information content (AvgIpc) is 3.09. The zero-order valence-corrected chi connectivity index (χ0v) is 31.2. The summed E-state index contributed by atoms with van der Waals surface area (Å²) in [5.41, 5.74) is 0. The quantitative estimate of drug-likeness (QED) is 0.0413. The van der Waals surface area contributed by atoms with Crippen molar-refractivity contribution in [2.75, 3.05) is 13.2 Å². The first-order valence-electron chi connectivity index (χ1n) is 19.8. The zero-order chi connectivity index (χ0) is 35.0. The number of carbonyl (C=O) groups is 2. The highest BCUT2D eigenvalue weighted by Gasteiger charge is 2.16. The van der Waals surface area contributed by atoms with Crippen LogP contribution in [0.25, 0.3) is 0 Å². The summed E-state index contributed by atoms with van der Waals surface area (Å²) in [6, 6.07) is 0. The van der Waals surface area contributed by atoms with Gasteiger partial charge in [0, 0.05) is 12.8 Å². The van der Waals surface area contributed by atoms with E-state index in [-0.39, 0.29) is 25.2 Å². The zero-order valence-electron chi connectivity index (χ0n) is 31.2. The molecule has 0 spiro atoms. The molecule has 0 aromatic heterocycles. The Morgan fingerprint density at radius 2 is 0.833 bits per heavy atom. The molecule has 0 radical (unpaired) electrons. The summed E-state index contributed by atoms with van der Waals surface area (Å²) >= 11 is 0. The molecule has 0 aliphatic heterocycles. The van der Waals surface area contributed by atoms with Gasteiger partial charge in [-0.2, -0.15) is 0 Å². The molecule has 276 valence electrons. The van der Waals surface area contributed by atoms with Crippen LogP contribution >= 0.6 is 0 Å². The number of esters is 2. The summed E-state index contributed by atoms with van der Waals surface area (Å²) in [6.07, 6.45) is 49.9. The molecule has 0 fully saturated rings. The van der Waals surface area contributed by atoms with Crippen LogP contribution in [0.15, 0.2) is 60.8 Å². The molecule has 1 N–H and O–H groups in total. The first-order chi connectivity index (χ1) is 23.6. The van der Waals surface area contributed by atoms with E-state index in [1.165, 1.54) is 77.0 Å². The molecular formula is C43H74O5. The monoisotopic (exact) mass is 671 g/mol. The molecule has 0 aliphatic rings. The van der Waals surface area contributed by atoms with E-state index in [0.29, 0.717) is 12.8 Å². The fourth-order valence-corrected chi connectivity index (χ4v) is 5.24. The van der Waals surface area contributed by atoms with Crippen molar-refractivity contribution in [2.24, 2.45) is 0 Å². The summed E-state index contributed by atoms with van der Waals surface area (Å²) < 4.78 is 10.6. The molecule has 48 heavy (non-hydrogen) atoms. The molecular weight excluding hydrogens is 596 g/mol. The molecule has 0 saturated heterocycles. The van der Waals surface area contributed by atoms with Gasteiger partial charge in [0.1, 0.15) is 6.61 Å². The third kappa shape index (κ3) is 36.4. The minimum absolute atomic E-state index is 0.0813. The first-order valence-corrected chi connectivity index (χ1v) is 19.8. The van der Waals surface area contributed by atoms with Gasteiger partial charge in [-0.05, 0) is 83.5 Å². The lowest BCUT2D eigenvalue weighted by Gasteiger charge is -2.15. The van der Waals surface area contributed by atoms with Gasteiger partial charge in [-0.15, -0.1) is 0 Å². The minimum atomic E-state index is -0.788. The number of aliphatic hydroxyl groups excluding tert-OH is 1. The minimum Gasteiger partial charge on any atom is -0.462 e. The third-order valence-corrected chi connectivity index (χ3v) is 8.28. The van der Waals surface area contributed by atoms with Gasteiger partial charge in [-0.25, -0.2) is 0 Å². The number of aliphatic hydroxyl groups is 1. The molecule has 1 unspecified atom stereocenters. The Hall–Kier alpha value is -2.40. The average molecular weight is 671 g/mol. The smallest absolute Gasteiger partial charge is 0.306 e. The maximum atomic E-state index is 12.2. The van der Waals surface area contributed by atoms with E-state index in [2.05, 4.69) is 74.6 Å². The van der Waals surface area contributed by atoms with Gasteiger partial charge < -0.3 is 14.6 Å². The molecule has 0 heterocycles. The van der Waals surface area contributed by atoms with Crippen molar-refractivity contribution in [3.63, 3.8) is 0 Å². The van der Waals surface area contributed by atoms with E-state index in [9.17, 15) is 14.7 Å². The van der Waals surface area contributed by atoms with Crippen LogP contribution in [0.4, 0.5) is 0 Å². The van der Waals surface area contributed by atoms with Crippen LogP contribution in [-0.4, -0.2) is 36.4 Å². The second kappa shape index (κ2) is 39.0. The second-order valence-electron chi connectivity index (χ2n) is 13.0. The second-order valence-corrected chi connectivity index (χ2v) is 13.0. The van der Waals surface area contributed by atoms with Gasteiger partial charge in [0.2, 0.25) is 0 Å². The highest BCUT2D eigenvalue weighted by Crippen LogP contribution is 2.12. The van der Waals surface area contributed by atoms with Crippen molar-refractivity contribution in [1.82, 2.24) is 0 Å². The van der Waals surface area contributed by atoms with Crippen LogP contribution in [-0.2, 0) is 19.1 Å². The van der Waals surface area contributed by atoms with Crippen molar-refractivity contribution in [2.45, 2.75) is 187 Å². The molecule has 0 aliphatic carbocycles. The molecule has 1 atom stereocenters. The fourth-order valence-electron chi connectivity index (χ4n) is 5.24. The van der Waals surface area contributed by atoms with Crippen LogP contribution in [0.5, 0.6) is 0 Å². The van der Waals surface area contributed by atoms with Gasteiger partial charge in [-0.3, -0.25) is 9.59 Å². The van der Waals surface area contributed by atoms with E-state index in [0.717, 1.165) is 77.0 Å². The van der Waals surface area contributed by atoms with Crippen LogP contribution in [0.3, 0.4) is 0 Å². The first kappa shape index (κ1) is 45.6. The van der Waals surface area contributed by atoms with Gasteiger partial charge in [-0.1, -0.05) is 145 Å². The lowest BCUT2D eigenvalue weighted by Crippen LogP contribution is -2.28. The normalized spacial score (nSPS) is 12.8. The summed E-state index contributed by atoms with van der Waals surface area (Å²) in [5.74, 6) is -0.628. The number of unbranched alkanes of at least 4 members (excludes halogenated alkanes) is 17. The lowest BCUT2D eigenvalue weighted by atomic mass is 10.1. The van der Waals surface area contributed by atoms with Gasteiger partial charge in [0.05, 0.1) is 6.61 Å². The predicted molar refractivity (Wildman–Crippen MR) is 205 cm³/mol. The number of hydrogen-bond acceptors (Lipinski definition) is 5. The Labute approximate surface area is 296 Å². The fraction of sp³-hybridized carbons (Fsp3) is 0.721. The summed E-state index contributed by atoms with van der Waals surface area (Å²) in [6.45, 7) is 4.05. The third-order valence-electron chi connectivity index (χ3n) is 8.28. The predicted octanol–water partition coefficient (Wildman–Crippen LogP) is 12.4. The van der Waals surface area contributed by atoms with E-state index in [4.69, 9.17) is 9.47 Å². The molecule has 5 nitrogen and oxygen atoms in total. The highest BCUT2D eigenvalue weighted by atomic mass is 16.6. The molecule has 0 amide bonds. The largest absolute Gasteiger partial charge is 0.462 e. The topological polar surface area (TPSA) is 72.8 Å². The molecule has 0 rings (SSSR count). The summed E-state index contributed by atoms with van der Waals surface area (Å²) in [7, 11) is 0. The maximum Gasteiger partial charge on any atom is 0.306 e. The maximum absolute atomic E-state index is 12.2. The Bertz CT molecular complexity index is 853. The van der Waals surface area contributed by atoms with Gasteiger partial charge in [0.15, 0.2) is 6.10 Å². The van der Waals surface area contributed by atoms with E-state index in [1.807, 2.05) is 0 Å². The Kier molecular flexibility index (Phi) is 37.1. The lowest BCUT2D eigenvalue weighted by molar-refractivity contribution is -0.161. The number of ether oxygens (including phenoxy) is 2. The number of rotatable bonds is 35. The van der Waals surface area contributed by atoms with E-state index >= 15 is 0 Å². The Morgan fingerprint density at radius 3 is 1.25 bits per heavy atom. The number of hydrogen-bond donors (Lipinski definition) is 1. The molecule has 0 aromatic carbocycles. The Balaban J connectivity index is 3.63. The van der Waals surface area contributed by atoms with Gasteiger partial charge >= 0.3 is 11.9 Å². The molecule has 0 bridgehead atoms. The van der Waals surface area contributed by atoms with Crippen LogP contribution < -0.4 is 0 Å². The van der Waals surface area contributed by atoms with E-state index in [1.54, 1.807) is 0 Å². The van der Waals surface area contributed by atoms with Crippen LogP contribution in [0.2, 0.25) is 0 Å².